The van der Waals surface area contributed by atoms with E-state index in [9.17, 15) is 0 Å². The maximum atomic E-state index is 6.37. The minimum Gasteiger partial charge on any atom is -0.327 e. The quantitative estimate of drug-likeness (QED) is 0.804. The smallest absolute Gasteiger partial charge is 0.0108 e. The van der Waals surface area contributed by atoms with E-state index in [4.69, 9.17) is 5.73 Å². The lowest BCUT2D eigenvalue weighted by Crippen LogP contribution is -2.29. The predicted molar refractivity (Wildman–Crippen MR) is 76.1 cm³/mol. The number of benzene rings is 1. The molecule has 1 aromatic rings. The van der Waals surface area contributed by atoms with Gasteiger partial charge in [-0.05, 0) is 36.2 Å². The Hall–Kier alpha value is -0.820. The maximum absolute atomic E-state index is 6.37. The van der Waals surface area contributed by atoms with Crippen molar-refractivity contribution in [3.05, 3.63) is 35.9 Å². The zero-order valence-electron chi connectivity index (χ0n) is 11.7. The van der Waals surface area contributed by atoms with Crippen LogP contribution >= 0.6 is 0 Å². The van der Waals surface area contributed by atoms with E-state index in [1.54, 1.807) is 0 Å². The average Bonchev–Trinajstić information content (AvgIpc) is 2.28. The van der Waals surface area contributed by atoms with Gasteiger partial charge in [-0.2, -0.15) is 0 Å². The van der Waals surface area contributed by atoms with Gasteiger partial charge < -0.3 is 5.73 Å². The van der Waals surface area contributed by atoms with Crippen molar-refractivity contribution >= 4 is 0 Å². The van der Waals surface area contributed by atoms with E-state index < -0.39 is 0 Å². The molecular formula is C16H27N. The van der Waals surface area contributed by atoms with Crippen molar-refractivity contribution in [1.29, 1.82) is 0 Å². The highest BCUT2D eigenvalue weighted by Gasteiger charge is 2.20. The van der Waals surface area contributed by atoms with Crippen molar-refractivity contribution in [3.8, 4) is 0 Å². The zero-order chi connectivity index (χ0) is 12.9. The minimum absolute atomic E-state index is 0.279. The summed E-state index contributed by atoms with van der Waals surface area (Å²) in [5.41, 5.74) is 8.13. The fourth-order valence-electron chi connectivity index (χ4n) is 2.29. The third-order valence-electron chi connectivity index (χ3n) is 3.41. The second-order valence-electron chi connectivity index (χ2n) is 6.19. The number of rotatable bonds is 5. The van der Waals surface area contributed by atoms with Gasteiger partial charge in [0.25, 0.3) is 0 Å². The average molecular weight is 233 g/mol. The third-order valence-corrected chi connectivity index (χ3v) is 3.41. The van der Waals surface area contributed by atoms with Crippen LogP contribution in [-0.2, 0) is 0 Å². The molecule has 0 radical (unpaired) electrons. The summed E-state index contributed by atoms with van der Waals surface area (Å²) in [7, 11) is 0. The Balaban J connectivity index is 2.62. The Morgan fingerprint density at radius 3 is 2.18 bits per heavy atom. The van der Waals surface area contributed by atoms with Crippen molar-refractivity contribution in [1.82, 2.24) is 0 Å². The van der Waals surface area contributed by atoms with Crippen LogP contribution in [0.5, 0.6) is 0 Å². The van der Waals surface area contributed by atoms with Crippen LogP contribution in [0.1, 0.15) is 58.4 Å². The number of hydrogen-bond donors (Lipinski definition) is 1. The molecule has 2 unspecified atom stereocenters. The lowest BCUT2D eigenvalue weighted by Gasteiger charge is -2.26. The van der Waals surface area contributed by atoms with Gasteiger partial charge in [-0.3, -0.25) is 0 Å². The minimum atomic E-state index is 0.279. The molecule has 1 rings (SSSR count). The molecule has 1 heteroatoms. The SMILES string of the molecule is CCC(c1ccccc1)C(N)CCC(C)(C)C. The first-order valence-corrected chi connectivity index (χ1v) is 6.74. The number of hydrogen-bond acceptors (Lipinski definition) is 1. The summed E-state index contributed by atoms with van der Waals surface area (Å²) >= 11 is 0. The molecule has 0 fully saturated rings. The van der Waals surface area contributed by atoms with Crippen LogP contribution in [0.15, 0.2) is 30.3 Å². The highest BCUT2D eigenvalue weighted by atomic mass is 14.6. The first-order valence-electron chi connectivity index (χ1n) is 6.74. The standard InChI is InChI=1S/C16H27N/c1-5-14(13-9-7-6-8-10-13)15(17)11-12-16(2,3)4/h6-10,14-15H,5,11-12,17H2,1-4H3. The van der Waals surface area contributed by atoms with Crippen LogP contribution in [0.4, 0.5) is 0 Å². The molecule has 0 bridgehead atoms. The molecule has 2 N–H and O–H groups in total. The van der Waals surface area contributed by atoms with Gasteiger partial charge in [0.2, 0.25) is 0 Å². The predicted octanol–water partition coefficient (Wildman–Crippen LogP) is 4.33. The van der Waals surface area contributed by atoms with Crippen LogP contribution in [0, 0.1) is 5.41 Å². The van der Waals surface area contributed by atoms with Gasteiger partial charge in [-0.25, -0.2) is 0 Å². The van der Waals surface area contributed by atoms with E-state index in [2.05, 4.69) is 58.0 Å². The van der Waals surface area contributed by atoms with E-state index in [0.717, 1.165) is 12.8 Å². The summed E-state index contributed by atoms with van der Waals surface area (Å²) in [6, 6.07) is 11.0. The summed E-state index contributed by atoms with van der Waals surface area (Å²) < 4.78 is 0. The monoisotopic (exact) mass is 233 g/mol. The van der Waals surface area contributed by atoms with Crippen molar-refractivity contribution in [2.45, 2.75) is 58.9 Å². The Morgan fingerprint density at radius 1 is 1.12 bits per heavy atom. The molecule has 0 aromatic heterocycles. The summed E-state index contributed by atoms with van der Waals surface area (Å²) in [4.78, 5) is 0. The van der Waals surface area contributed by atoms with Crippen LogP contribution in [-0.4, -0.2) is 6.04 Å². The molecule has 0 aliphatic carbocycles. The van der Waals surface area contributed by atoms with Crippen molar-refractivity contribution < 1.29 is 0 Å². The third kappa shape index (κ3) is 4.91. The largest absolute Gasteiger partial charge is 0.327 e. The van der Waals surface area contributed by atoms with Gasteiger partial charge in [0, 0.05) is 6.04 Å². The first-order chi connectivity index (χ1) is 7.94. The highest BCUT2D eigenvalue weighted by molar-refractivity contribution is 5.21. The molecule has 2 atom stereocenters. The maximum Gasteiger partial charge on any atom is 0.0108 e. The Labute approximate surface area is 106 Å². The summed E-state index contributed by atoms with van der Waals surface area (Å²) in [5.74, 6) is 0.499. The van der Waals surface area contributed by atoms with E-state index in [0.29, 0.717) is 11.3 Å². The molecular weight excluding hydrogens is 206 g/mol. The topological polar surface area (TPSA) is 26.0 Å². The molecule has 1 aromatic carbocycles. The molecule has 0 saturated heterocycles. The molecule has 0 aliphatic heterocycles. The molecule has 0 aliphatic rings. The molecule has 1 nitrogen and oxygen atoms in total. The summed E-state index contributed by atoms with van der Waals surface area (Å²) in [5, 5.41) is 0. The van der Waals surface area contributed by atoms with Crippen LogP contribution in [0.3, 0.4) is 0 Å². The lowest BCUT2D eigenvalue weighted by atomic mass is 9.82. The molecule has 96 valence electrons. The first kappa shape index (κ1) is 14.2. The fraction of sp³-hybridized carbons (Fsp3) is 0.625. The van der Waals surface area contributed by atoms with E-state index >= 15 is 0 Å². The second-order valence-corrected chi connectivity index (χ2v) is 6.19. The van der Waals surface area contributed by atoms with Gasteiger partial charge >= 0.3 is 0 Å². The normalized spacial score (nSPS) is 15.6. The van der Waals surface area contributed by atoms with Crippen LogP contribution in [0.25, 0.3) is 0 Å². The van der Waals surface area contributed by atoms with E-state index in [-0.39, 0.29) is 6.04 Å². The van der Waals surface area contributed by atoms with Gasteiger partial charge in [0.1, 0.15) is 0 Å². The molecule has 0 saturated carbocycles. The van der Waals surface area contributed by atoms with E-state index in [1.807, 2.05) is 0 Å². The van der Waals surface area contributed by atoms with Gasteiger partial charge in [0.05, 0.1) is 0 Å². The second kappa shape index (κ2) is 6.20. The molecule has 0 spiro atoms. The van der Waals surface area contributed by atoms with E-state index in [1.165, 1.54) is 12.0 Å². The highest BCUT2D eigenvalue weighted by Crippen LogP contribution is 2.28. The Morgan fingerprint density at radius 2 is 1.71 bits per heavy atom. The van der Waals surface area contributed by atoms with Gasteiger partial charge in [0.15, 0.2) is 0 Å². The number of nitrogens with two attached hydrogens (primary N) is 1. The summed E-state index contributed by atoms with van der Waals surface area (Å²) in [6.07, 6.45) is 3.42. The molecule has 17 heavy (non-hydrogen) atoms. The van der Waals surface area contributed by atoms with Crippen molar-refractivity contribution in [2.24, 2.45) is 11.1 Å². The van der Waals surface area contributed by atoms with Gasteiger partial charge in [-0.15, -0.1) is 0 Å². The Bertz CT molecular complexity index is 310. The summed E-state index contributed by atoms with van der Waals surface area (Å²) in [6.45, 7) is 9.07. The molecule has 0 heterocycles. The van der Waals surface area contributed by atoms with Crippen molar-refractivity contribution in [3.63, 3.8) is 0 Å². The van der Waals surface area contributed by atoms with Crippen LogP contribution in [0.2, 0.25) is 0 Å². The fourth-order valence-corrected chi connectivity index (χ4v) is 2.29. The van der Waals surface area contributed by atoms with Crippen molar-refractivity contribution in [2.75, 3.05) is 0 Å². The van der Waals surface area contributed by atoms with Crippen LogP contribution < -0.4 is 5.73 Å². The lowest BCUT2D eigenvalue weighted by molar-refractivity contribution is 0.332. The zero-order valence-corrected chi connectivity index (χ0v) is 11.7. The Kier molecular flexibility index (Phi) is 5.20. The molecule has 0 amide bonds. The van der Waals surface area contributed by atoms with Gasteiger partial charge in [-0.1, -0.05) is 58.0 Å².